The number of nitrogens with two attached hydrogens (primary N) is 1. The lowest BCUT2D eigenvalue weighted by atomic mass is 10.0. The first-order chi connectivity index (χ1) is 15.5. The number of nitrogens with zero attached hydrogens (tertiary/aromatic N) is 5. The quantitative estimate of drug-likeness (QED) is 0.530. The number of piperidine rings is 1. The average molecular weight is 428 g/mol. The van der Waals surface area contributed by atoms with Crippen molar-refractivity contribution < 1.29 is 9.53 Å². The van der Waals surface area contributed by atoms with Crippen molar-refractivity contribution >= 4 is 33.7 Å². The number of imidazole rings is 1. The SMILES string of the molecule is C=C1Cn2c(nc3cc(C(=O)N4CCC[C@@H](N)C4)cc(OC)c32)-c2cc3cccnc3n21. The van der Waals surface area contributed by atoms with E-state index < -0.39 is 0 Å². The van der Waals surface area contributed by atoms with Gasteiger partial charge in [-0.05, 0) is 43.2 Å². The molecular formula is C24H24N6O2. The van der Waals surface area contributed by atoms with Gasteiger partial charge in [-0.3, -0.25) is 9.36 Å². The zero-order valence-corrected chi connectivity index (χ0v) is 17.9. The smallest absolute Gasteiger partial charge is 0.254 e. The molecular weight excluding hydrogens is 404 g/mol. The number of pyridine rings is 1. The minimum atomic E-state index is -0.0333. The van der Waals surface area contributed by atoms with E-state index in [1.54, 1.807) is 13.3 Å². The van der Waals surface area contributed by atoms with E-state index >= 15 is 0 Å². The van der Waals surface area contributed by atoms with Gasteiger partial charge in [0.05, 0.1) is 24.9 Å². The van der Waals surface area contributed by atoms with Crippen LogP contribution in [0, 0.1) is 0 Å². The molecule has 0 saturated carbocycles. The number of carbonyl (C=O) groups excluding carboxylic acids is 1. The fraction of sp³-hybridized carbons (Fsp3) is 0.292. The zero-order valence-electron chi connectivity index (χ0n) is 17.9. The van der Waals surface area contributed by atoms with E-state index in [0.717, 1.165) is 58.7 Å². The molecule has 0 aliphatic carbocycles. The van der Waals surface area contributed by atoms with Crippen LogP contribution in [0.3, 0.4) is 0 Å². The molecule has 162 valence electrons. The van der Waals surface area contributed by atoms with Gasteiger partial charge in [0.25, 0.3) is 5.91 Å². The van der Waals surface area contributed by atoms with Gasteiger partial charge >= 0.3 is 0 Å². The number of hydrogen-bond acceptors (Lipinski definition) is 5. The van der Waals surface area contributed by atoms with E-state index in [-0.39, 0.29) is 11.9 Å². The summed E-state index contributed by atoms with van der Waals surface area (Å²) in [5.74, 6) is 1.41. The second-order valence-electron chi connectivity index (χ2n) is 8.57. The summed E-state index contributed by atoms with van der Waals surface area (Å²) in [5, 5.41) is 1.04. The number of likely N-dealkylation sites (tertiary alicyclic amines) is 1. The minimum absolute atomic E-state index is 0.0276. The molecule has 8 nitrogen and oxygen atoms in total. The summed E-state index contributed by atoms with van der Waals surface area (Å²) in [5.41, 5.74) is 11.0. The molecule has 2 aliphatic heterocycles. The maximum absolute atomic E-state index is 13.2. The summed E-state index contributed by atoms with van der Waals surface area (Å²) in [4.78, 5) is 24.5. The lowest BCUT2D eigenvalue weighted by Crippen LogP contribution is -2.45. The largest absolute Gasteiger partial charge is 0.494 e. The van der Waals surface area contributed by atoms with Crippen molar-refractivity contribution in [2.75, 3.05) is 20.2 Å². The summed E-state index contributed by atoms with van der Waals surface area (Å²) in [7, 11) is 1.62. The number of allylic oxidation sites excluding steroid dienone is 1. The summed E-state index contributed by atoms with van der Waals surface area (Å²) in [6.45, 7) is 6.15. The molecule has 5 heterocycles. The monoisotopic (exact) mass is 428 g/mol. The van der Waals surface area contributed by atoms with Crippen LogP contribution >= 0.6 is 0 Å². The van der Waals surface area contributed by atoms with Crippen molar-refractivity contribution in [2.45, 2.75) is 25.4 Å². The molecule has 32 heavy (non-hydrogen) atoms. The third kappa shape index (κ3) is 2.69. The molecule has 0 spiro atoms. The van der Waals surface area contributed by atoms with Crippen molar-refractivity contribution in [1.82, 2.24) is 24.0 Å². The minimum Gasteiger partial charge on any atom is -0.494 e. The lowest BCUT2D eigenvalue weighted by molar-refractivity contribution is 0.0708. The predicted molar refractivity (Wildman–Crippen MR) is 123 cm³/mol. The van der Waals surface area contributed by atoms with Gasteiger partial charge in [0, 0.05) is 42.0 Å². The summed E-state index contributed by atoms with van der Waals surface area (Å²) in [6.07, 6.45) is 3.66. The first kappa shape index (κ1) is 19.1. The van der Waals surface area contributed by atoms with Gasteiger partial charge in [-0.25, -0.2) is 9.97 Å². The molecule has 1 atom stereocenters. The van der Waals surface area contributed by atoms with Gasteiger partial charge in [0.2, 0.25) is 0 Å². The first-order valence-corrected chi connectivity index (χ1v) is 10.8. The van der Waals surface area contributed by atoms with Crippen molar-refractivity contribution in [3.8, 4) is 17.3 Å². The second-order valence-corrected chi connectivity index (χ2v) is 8.57. The number of fused-ring (bicyclic) bond motifs is 7. The first-order valence-electron chi connectivity index (χ1n) is 10.8. The Hall–Kier alpha value is -3.65. The average Bonchev–Trinajstić information content (AvgIpc) is 3.37. The van der Waals surface area contributed by atoms with Crippen molar-refractivity contribution in [3.63, 3.8) is 0 Å². The number of rotatable bonds is 2. The van der Waals surface area contributed by atoms with Crippen LogP contribution in [-0.4, -0.2) is 56.2 Å². The van der Waals surface area contributed by atoms with E-state index in [9.17, 15) is 4.79 Å². The highest BCUT2D eigenvalue weighted by Gasteiger charge is 2.29. The fourth-order valence-electron chi connectivity index (χ4n) is 5.01. The summed E-state index contributed by atoms with van der Waals surface area (Å²) >= 11 is 0. The number of methoxy groups -OCH3 is 1. The van der Waals surface area contributed by atoms with Crippen LogP contribution in [0.1, 0.15) is 23.2 Å². The Morgan fingerprint density at radius 3 is 3.00 bits per heavy atom. The molecule has 3 aromatic heterocycles. The predicted octanol–water partition coefficient (Wildman–Crippen LogP) is 3.11. The van der Waals surface area contributed by atoms with Crippen LogP contribution in [0.2, 0.25) is 0 Å². The van der Waals surface area contributed by atoms with Gasteiger partial charge in [0.1, 0.15) is 16.9 Å². The highest BCUT2D eigenvalue weighted by molar-refractivity contribution is 6.01. The van der Waals surface area contributed by atoms with Crippen LogP contribution < -0.4 is 10.5 Å². The number of ether oxygens (including phenoxy) is 1. The highest BCUT2D eigenvalue weighted by Crippen LogP contribution is 2.39. The molecule has 0 bridgehead atoms. The molecule has 0 unspecified atom stereocenters. The number of benzene rings is 1. The normalized spacial score (nSPS) is 18.1. The van der Waals surface area contributed by atoms with Gasteiger partial charge in [-0.15, -0.1) is 0 Å². The Bertz CT molecular complexity index is 1420. The maximum atomic E-state index is 13.2. The number of hydrogen-bond donors (Lipinski definition) is 1. The molecule has 1 fully saturated rings. The summed E-state index contributed by atoms with van der Waals surface area (Å²) < 4.78 is 9.89. The standard InChI is InChI=1S/C24H24N6O2/c1-14-12-29-21-18(27-23(29)19-10-15-5-3-7-26-22(15)30(14)19)9-16(11-20(21)32-2)24(31)28-8-4-6-17(25)13-28/h3,5,7,9-11,17H,1,4,6,8,12-13,25H2,2H3/t17-/m1/s1. The highest BCUT2D eigenvalue weighted by atomic mass is 16.5. The van der Waals surface area contributed by atoms with Crippen LogP contribution in [0.5, 0.6) is 5.75 Å². The van der Waals surface area contributed by atoms with Gasteiger partial charge in [0.15, 0.2) is 5.82 Å². The third-order valence-electron chi connectivity index (χ3n) is 6.47. The molecule has 4 aromatic rings. The molecule has 6 rings (SSSR count). The Labute approximate surface area is 184 Å². The Balaban J connectivity index is 1.52. The van der Waals surface area contributed by atoms with E-state index in [0.29, 0.717) is 24.4 Å². The van der Waals surface area contributed by atoms with E-state index in [1.165, 1.54) is 0 Å². The van der Waals surface area contributed by atoms with E-state index in [1.807, 2.05) is 29.2 Å². The lowest BCUT2D eigenvalue weighted by Gasteiger charge is -2.30. The molecule has 1 saturated heterocycles. The topological polar surface area (TPSA) is 91.2 Å². The van der Waals surface area contributed by atoms with Gasteiger partial charge < -0.3 is 19.9 Å². The van der Waals surface area contributed by atoms with E-state index in [4.69, 9.17) is 15.5 Å². The molecule has 1 aromatic carbocycles. The second kappa shape index (κ2) is 6.93. The zero-order chi connectivity index (χ0) is 22.0. The molecule has 2 N–H and O–H groups in total. The van der Waals surface area contributed by atoms with Crippen molar-refractivity contribution in [3.05, 3.63) is 48.7 Å². The van der Waals surface area contributed by atoms with E-state index in [2.05, 4.69) is 26.8 Å². The van der Waals surface area contributed by atoms with Crippen molar-refractivity contribution in [2.24, 2.45) is 5.73 Å². The number of amides is 1. The van der Waals surface area contributed by atoms with Crippen LogP contribution in [0.4, 0.5) is 0 Å². The molecule has 0 radical (unpaired) electrons. The molecule has 8 heteroatoms. The van der Waals surface area contributed by atoms with Crippen molar-refractivity contribution in [1.29, 1.82) is 0 Å². The Kier molecular flexibility index (Phi) is 4.13. The van der Waals surface area contributed by atoms with Crippen LogP contribution in [-0.2, 0) is 6.54 Å². The summed E-state index contributed by atoms with van der Waals surface area (Å²) in [6, 6.07) is 9.74. The maximum Gasteiger partial charge on any atom is 0.254 e. The van der Waals surface area contributed by atoms with Gasteiger partial charge in [-0.1, -0.05) is 6.58 Å². The number of carbonyl (C=O) groups is 1. The molecule has 2 aliphatic rings. The van der Waals surface area contributed by atoms with Crippen LogP contribution in [0.15, 0.2) is 43.1 Å². The number of aromatic nitrogens is 4. The third-order valence-corrected chi connectivity index (χ3v) is 6.47. The molecule has 1 amide bonds. The van der Waals surface area contributed by atoms with Gasteiger partial charge in [-0.2, -0.15) is 0 Å². The Morgan fingerprint density at radius 1 is 1.31 bits per heavy atom. The Morgan fingerprint density at radius 2 is 2.19 bits per heavy atom. The fourth-order valence-corrected chi connectivity index (χ4v) is 5.01. The van der Waals surface area contributed by atoms with Crippen LogP contribution in [0.25, 0.3) is 39.3 Å².